The second-order valence-electron chi connectivity index (χ2n) is 6.61. The Bertz CT molecular complexity index is 556. The summed E-state index contributed by atoms with van der Waals surface area (Å²) in [6.07, 6.45) is -0.149. The van der Waals surface area contributed by atoms with Crippen LogP contribution < -0.4 is 0 Å². The summed E-state index contributed by atoms with van der Waals surface area (Å²) < 4.78 is 23.4. The van der Waals surface area contributed by atoms with Gasteiger partial charge in [-0.05, 0) is 39.3 Å². The van der Waals surface area contributed by atoms with Crippen molar-refractivity contribution in [1.82, 2.24) is 0 Å². The van der Waals surface area contributed by atoms with Crippen molar-refractivity contribution >= 4 is 5.97 Å². The Morgan fingerprint density at radius 3 is 2.61 bits per heavy atom. The van der Waals surface area contributed by atoms with E-state index in [1.54, 1.807) is 12.1 Å². The van der Waals surface area contributed by atoms with Crippen LogP contribution in [-0.2, 0) is 18.9 Å². The molecule has 5 heteroatoms. The van der Waals surface area contributed by atoms with E-state index in [9.17, 15) is 4.79 Å². The zero-order valence-electron chi connectivity index (χ0n) is 14.0. The van der Waals surface area contributed by atoms with Gasteiger partial charge < -0.3 is 18.9 Å². The third kappa shape index (κ3) is 3.27. The van der Waals surface area contributed by atoms with Crippen molar-refractivity contribution in [3.8, 4) is 0 Å². The Hall–Kier alpha value is -1.43. The first-order valence-electron chi connectivity index (χ1n) is 8.18. The monoisotopic (exact) mass is 320 g/mol. The molecule has 0 radical (unpaired) electrons. The van der Waals surface area contributed by atoms with Gasteiger partial charge in [0, 0.05) is 0 Å². The van der Waals surface area contributed by atoms with Gasteiger partial charge in [0.05, 0.1) is 17.6 Å². The van der Waals surface area contributed by atoms with Crippen molar-refractivity contribution < 1.29 is 23.7 Å². The molecule has 1 aromatic rings. The molecule has 126 valence electrons. The van der Waals surface area contributed by atoms with Gasteiger partial charge in [-0.1, -0.05) is 25.1 Å². The third-order valence-electron chi connectivity index (χ3n) is 4.45. The quantitative estimate of drug-likeness (QED) is 0.798. The molecule has 2 heterocycles. The van der Waals surface area contributed by atoms with Gasteiger partial charge in [-0.25, -0.2) is 4.79 Å². The molecule has 0 aromatic heterocycles. The van der Waals surface area contributed by atoms with Gasteiger partial charge in [0.15, 0.2) is 12.1 Å². The highest BCUT2D eigenvalue weighted by atomic mass is 16.8. The van der Waals surface area contributed by atoms with Crippen molar-refractivity contribution in [3.05, 3.63) is 35.9 Å². The molecule has 0 N–H and O–H groups in total. The summed E-state index contributed by atoms with van der Waals surface area (Å²) in [5, 5.41) is 0. The summed E-state index contributed by atoms with van der Waals surface area (Å²) in [7, 11) is 0. The minimum absolute atomic E-state index is 0.0420. The normalized spacial score (nSPS) is 33.2. The maximum atomic E-state index is 12.3. The minimum Gasteiger partial charge on any atom is -0.459 e. The Kier molecular flexibility index (Phi) is 4.45. The molecular formula is C18H24O5. The van der Waals surface area contributed by atoms with Crippen LogP contribution in [0.4, 0.5) is 0 Å². The highest BCUT2D eigenvalue weighted by Crippen LogP contribution is 2.43. The van der Waals surface area contributed by atoms with Crippen molar-refractivity contribution in [2.75, 3.05) is 0 Å². The Labute approximate surface area is 136 Å². The van der Waals surface area contributed by atoms with Crippen LogP contribution in [0.1, 0.15) is 44.5 Å². The molecule has 2 saturated heterocycles. The number of ether oxygens (including phenoxy) is 4. The van der Waals surface area contributed by atoms with Crippen LogP contribution in [0, 0.1) is 5.92 Å². The average Bonchev–Trinajstić information content (AvgIpc) is 2.98. The fourth-order valence-electron chi connectivity index (χ4n) is 3.43. The molecule has 2 aliphatic rings. The predicted molar refractivity (Wildman–Crippen MR) is 83.8 cm³/mol. The Morgan fingerprint density at radius 2 is 1.96 bits per heavy atom. The third-order valence-corrected chi connectivity index (χ3v) is 4.45. The van der Waals surface area contributed by atoms with Crippen LogP contribution in [0.25, 0.3) is 0 Å². The SMILES string of the molecule is CC[C@H]1O[C@@H]2OC(C)(C)O[C@@H]2[C@@H]1[C@H](C)OC(=O)c1ccccc1. The van der Waals surface area contributed by atoms with Gasteiger partial charge in [0.25, 0.3) is 0 Å². The summed E-state index contributed by atoms with van der Waals surface area (Å²) in [5.41, 5.74) is 0.548. The molecule has 5 atom stereocenters. The molecule has 1 aromatic carbocycles. The number of carbonyl (C=O) groups is 1. The lowest BCUT2D eigenvalue weighted by Crippen LogP contribution is -2.39. The molecule has 2 fully saturated rings. The zero-order chi connectivity index (χ0) is 16.6. The predicted octanol–water partition coefficient (Wildman–Crippen LogP) is 3.13. The molecule has 0 amide bonds. The molecule has 0 aliphatic carbocycles. The van der Waals surface area contributed by atoms with E-state index in [1.165, 1.54) is 0 Å². The first-order chi connectivity index (χ1) is 10.9. The summed E-state index contributed by atoms with van der Waals surface area (Å²) in [4.78, 5) is 12.3. The van der Waals surface area contributed by atoms with Crippen LogP contribution in [0.2, 0.25) is 0 Å². The van der Waals surface area contributed by atoms with Gasteiger partial charge >= 0.3 is 5.97 Å². The summed E-state index contributed by atoms with van der Waals surface area (Å²) >= 11 is 0. The second kappa shape index (κ2) is 6.23. The highest BCUT2D eigenvalue weighted by Gasteiger charge is 2.56. The fourth-order valence-corrected chi connectivity index (χ4v) is 3.43. The number of esters is 1. The van der Waals surface area contributed by atoms with E-state index < -0.39 is 12.1 Å². The van der Waals surface area contributed by atoms with Crippen molar-refractivity contribution in [1.29, 1.82) is 0 Å². The number of rotatable bonds is 4. The standard InChI is InChI=1S/C18H24O5/c1-5-13-14(15-17(21-13)23-18(3,4)22-15)11(2)20-16(19)12-9-7-6-8-10-12/h6-11,13-15,17H,5H2,1-4H3/t11-,13+,14+,15+,17+/m0/s1. The Balaban J connectivity index is 1.72. The molecule has 0 unspecified atom stereocenters. The molecule has 2 aliphatic heterocycles. The van der Waals surface area contributed by atoms with E-state index in [4.69, 9.17) is 18.9 Å². The summed E-state index contributed by atoms with van der Waals surface area (Å²) in [6.45, 7) is 7.69. The molecule has 0 saturated carbocycles. The second-order valence-corrected chi connectivity index (χ2v) is 6.61. The topological polar surface area (TPSA) is 54.0 Å². The van der Waals surface area contributed by atoms with Crippen LogP contribution in [-0.4, -0.2) is 36.4 Å². The number of fused-ring (bicyclic) bond motifs is 1. The van der Waals surface area contributed by atoms with E-state index >= 15 is 0 Å². The number of hydrogen-bond donors (Lipinski definition) is 0. The molecule has 23 heavy (non-hydrogen) atoms. The van der Waals surface area contributed by atoms with Crippen LogP contribution >= 0.6 is 0 Å². The number of benzene rings is 1. The maximum Gasteiger partial charge on any atom is 0.338 e. The van der Waals surface area contributed by atoms with Gasteiger partial charge in [-0.15, -0.1) is 0 Å². The Morgan fingerprint density at radius 1 is 1.26 bits per heavy atom. The smallest absolute Gasteiger partial charge is 0.338 e. The van der Waals surface area contributed by atoms with Crippen LogP contribution in [0.5, 0.6) is 0 Å². The molecule has 5 nitrogen and oxygen atoms in total. The molecule has 0 spiro atoms. The number of carbonyl (C=O) groups excluding carboxylic acids is 1. The first-order valence-corrected chi connectivity index (χ1v) is 8.18. The maximum absolute atomic E-state index is 12.3. The van der Waals surface area contributed by atoms with E-state index in [0.717, 1.165) is 6.42 Å². The van der Waals surface area contributed by atoms with Gasteiger partial charge in [0.1, 0.15) is 12.2 Å². The van der Waals surface area contributed by atoms with Crippen molar-refractivity contribution in [2.45, 2.75) is 64.5 Å². The molecule has 0 bridgehead atoms. The number of hydrogen-bond acceptors (Lipinski definition) is 5. The lowest BCUT2D eigenvalue weighted by atomic mass is 9.91. The van der Waals surface area contributed by atoms with Crippen molar-refractivity contribution in [2.24, 2.45) is 5.92 Å². The van der Waals surface area contributed by atoms with E-state index in [2.05, 4.69) is 6.92 Å². The lowest BCUT2D eigenvalue weighted by Gasteiger charge is -2.29. The minimum atomic E-state index is -0.671. The van der Waals surface area contributed by atoms with Gasteiger partial charge in [0.2, 0.25) is 0 Å². The van der Waals surface area contributed by atoms with Gasteiger partial charge in [-0.2, -0.15) is 0 Å². The fraction of sp³-hybridized carbons (Fsp3) is 0.611. The van der Waals surface area contributed by atoms with E-state index in [1.807, 2.05) is 39.0 Å². The average molecular weight is 320 g/mol. The van der Waals surface area contributed by atoms with E-state index in [0.29, 0.717) is 5.56 Å². The summed E-state index contributed by atoms with van der Waals surface area (Å²) in [6, 6.07) is 9.01. The molecular weight excluding hydrogens is 296 g/mol. The highest BCUT2D eigenvalue weighted by molar-refractivity contribution is 5.89. The van der Waals surface area contributed by atoms with E-state index in [-0.39, 0.29) is 30.2 Å². The molecule has 3 rings (SSSR count). The van der Waals surface area contributed by atoms with Crippen LogP contribution in [0.3, 0.4) is 0 Å². The lowest BCUT2D eigenvalue weighted by molar-refractivity contribution is -0.213. The summed E-state index contributed by atoms with van der Waals surface area (Å²) in [5.74, 6) is -1.04. The van der Waals surface area contributed by atoms with Crippen LogP contribution in [0.15, 0.2) is 30.3 Å². The largest absolute Gasteiger partial charge is 0.459 e. The van der Waals surface area contributed by atoms with Crippen molar-refractivity contribution in [3.63, 3.8) is 0 Å². The zero-order valence-corrected chi connectivity index (χ0v) is 14.0. The first kappa shape index (κ1) is 16.4. The van der Waals surface area contributed by atoms with Gasteiger partial charge in [-0.3, -0.25) is 0 Å².